The molecule has 0 saturated heterocycles. The predicted octanol–water partition coefficient (Wildman–Crippen LogP) is 11.3. The van der Waals surface area contributed by atoms with Crippen molar-refractivity contribution in [2.24, 2.45) is 4.99 Å². The molecule has 0 radical (unpaired) electrons. The summed E-state index contributed by atoms with van der Waals surface area (Å²) in [5.41, 5.74) is 15.8. The average Bonchev–Trinajstić information content (AvgIpc) is 4.00. The van der Waals surface area contributed by atoms with Crippen LogP contribution in [0, 0.1) is 0 Å². The van der Waals surface area contributed by atoms with Crippen LogP contribution in [-0.4, -0.2) is 31.9 Å². The molecule has 4 aromatic carbocycles. The van der Waals surface area contributed by atoms with E-state index < -0.39 is 6.10 Å². The van der Waals surface area contributed by atoms with Crippen molar-refractivity contribution >= 4 is 45.6 Å². The van der Waals surface area contributed by atoms with Gasteiger partial charge in [-0.1, -0.05) is 121 Å². The third-order valence-electron chi connectivity index (χ3n) is 9.57. The van der Waals surface area contributed by atoms with Crippen molar-refractivity contribution in [2.45, 2.75) is 13.0 Å². The predicted molar refractivity (Wildman–Crippen MR) is 212 cm³/mol. The number of fused-ring (bicyclic) bond motifs is 8. The Bertz CT molecular complexity index is 2630. The van der Waals surface area contributed by atoms with Crippen LogP contribution in [0.1, 0.15) is 23.9 Å². The lowest BCUT2D eigenvalue weighted by Gasteiger charge is -2.11. The first kappa shape index (κ1) is 30.5. The van der Waals surface area contributed by atoms with Crippen LogP contribution < -0.4 is 0 Å². The number of aliphatic hydroxyl groups is 1. The number of aromatic amines is 2. The average molecular weight is 659 g/mol. The fraction of sp³-hybridized carbons (Fsp3) is 0.0435. The van der Waals surface area contributed by atoms with Crippen molar-refractivity contribution in [3.63, 3.8) is 0 Å². The second-order valence-corrected chi connectivity index (χ2v) is 12.9. The molecule has 3 aromatic heterocycles. The molecule has 5 nitrogen and oxygen atoms in total. The van der Waals surface area contributed by atoms with Crippen LogP contribution in [0.4, 0.5) is 5.69 Å². The molecule has 2 aliphatic heterocycles. The molecule has 0 aliphatic carbocycles. The molecule has 244 valence electrons. The van der Waals surface area contributed by atoms with E-state index in [9.17, 15) is 5.11 Å². The van der Waals surface area contributed by atoms with Gasteiger partial charge in [-0.15, -0.1) is 0 Å². The van der Waals surface area contributed by atoms with Gasteiger partial charge < -0.3 is 15.1 Å². The second kappa shape index (κ2) is 12.7. The molecule has 0 saturated carbocycles. The standard InChI is InChI=1S/C46H34N4O/c1-29(51)46-34-28-41(50-46)45(33-20-12-5-13-21-33)40-27-26-39(49-40)44(32-18-10-4-11-19-32)38-25-24-37(48-38)43(31-16-8-3-9-17-31)36-23-22-35(47-36)42(34)30-14-6-2-7-15-30/h2-29,47,49,51H,1H3. The number of nitrogens with zero attached hydrogens (tertiary/aromatic N) is 2. The van der Waals surface area contributed by atoms with E-state index in [1.807, 2.05) is 48.5 Å². The number of aromatic nitrogens is 3. The lowest BCUT2D eigenvalue weighted by Crippen LogP contribution is -2.16. The highest BCUT2D eigenvalue weighted by Gasteiger charge is 2.24. The van der Waals surface area contributed by atoms with Crippen LogP contribution in [0.2, 0.25) is 0 Å². The first-order chi connectivity index (χ1) is 25.1. The third-order valence-corrected chi connectivity index (χ3v) is 9.57. The van der Waals surface area contributed by atoms with E-state index >= 15 is 0 Å². The third kappa shape index (κ3) is 5.50. The lowest BCUT2D eigenvalue weighted by atomic mass is 9.96. The number of hydrogen-bond acceptors (Lipinski definition) is 3. The van der Waals surface area contributed by atoms with E-state index in [-0.39, 0.29) is 0 Å². The maximum Gasteiger partial charge on any atom is 0.0938 e. The first-order valence-corrected chi connectivity index (χ1v) is 17.2. The van der Waals surface area contributed by atoms with Crippen LogP contribution in [0.5, 0.6) is 0 Å². The first-order valence-electron chi connectivity index (χ1n) is 17.2. The van der Waals surface area contributed by atoms with E-state index in [0.29, 0.717) is 5.71 Å². The smallest absolute Gasteiger partial charge is 0.0938 e. The van der Waals surface area contributed by atoms with Gasteiger partial charge in [-0.25, -0.2) is 9.98 Å². The molecule has 0 amide bonds. The summed E-state index contributed by atoms with van der Waals surface area (Å²) < 4.78 is 0. The van der Waals surface area contributed by atoms with E-state index in [1.54, 1.807) is 6.92 Å². The maximum absolute atomic E-state index is 11.3. The van der Waals surface area contributed by atoms with E-state index in [2.05, 4.69) is 125 Å². The molecule has 8 bridgehead atoms. The summed E-state index contributed by atoms with van der Waals surface area (Å²) in [6.07, 6.45) is 3.42. The summed E-state index contributed by atoms with van der Waals surface area (Å²) in [4.78, 5) is 18.2. The van der Waals surface area contributed by atoms with E-state index in [1.165, 1.54) is 0 Å². The number of aliphatic hydroxyl groups excluding tert-OH is 1. The normalized spacial score (nSPS) is 12.9. The van der Waals surface area contributed by atoms with Crippen molar-refractivity contribution in [3.8, 4) is 44.5 Å². The molecule has 2 aliphatic rings. The summed E-state index contributed by atoms with van der Waals surface area (Å²) in [5, 5.41) is 11.3. The largest absolute Gasteiger partial charge is 0.387 e. The Hall–Kier alpha value is -6.56. The fourth-order valence-electron chi connectivity index (χ4n) is 7.29. The number of hydrogen-bond donors (Lipinski definition) is 3. The van der Waals surface area contributed by atoms with Crippen LogP contribution in [0.3, 0.4) is 0 Å². The molecule has 1 unspecified atom stereocenters. The van der Waals surface area contributed by atoms with Gasteiger partial charge in [0.1, 0.15) is 0 Å². The van der Waals surface area contributed by atoms with Crippen LogP contribution >= 0.6 is 0 Å². The number of H-pyrrole nitrogens is 2. The molecule has 9 rings (SSSR count). The maximum atomic E-state index is 11.3. The zero-order chi connectivity index (χ0) is 34.3. The minimum absolute atomic E-state index is 0.621. The van der Waals surface area contributed by atoms with Gasteiger partial charge in [0.25, 0.3) is 0 Å². The minimum Gasteiger partial charge on any atom is -0.387 e. The van der Waals surface area contributed by atoms with Crippen molar-refractivity contribution in [1.82, 2.24) is 15.0 Å². The summed E-state index contributed by atoms with van der Waals surface area (Å²) in [5.74, 6) is 0. The Labute approximate surface area is 296 Å². The zero-order valence-corrected chi connectivity index (χ0v) is 28.0. The molecular formula is C46H34N4O. The van der Waals surface area contributed by atoms with Crippen molar-refractivity contribution in [3.05, 3.63) is 169 Å². The minimum atomic E-state index is -0.809. The number of nitrogens with one attached hydrogen (secondary N) is 2. The number of aliphatic imine (C=N–C) groups is 1. The van der Waals surface area contributed by atoms with E-state index in [0.717, 1.165) is 89.2 Å². The molecular weight excluding hydrogens is 625 g/mol. The SMILES string of the molecule is CC(O)C1=Nc2cc1c(-c1ccccc1)c1ccc([nH]1)c(-c1ccccc1)c1nc(c(-c3ccccc3)c3ccc([nH]3)c2-c2ccccc2)C=C1. The van der Waals surface area contributed by atoms with Gasteiger partial charge in [0.2, 0.25) is 0 Å². The Morgan fingerprint density at radius 1 is 0.471 bits per heavy atom. The Morgan fingerprint density at radius 3 is 1.27 bits per heavy atom. The summed E-state index contributed by atoms with van der Waals surface area (Å²) in [6.45, 7) is 1.79. The van der Waals surface area contributed by atoms with Gasteiger partial charge in [0.15, 0.2) is 0 Å². The van der Waals surface area contributed by atoms with Crippen molar-refractivity contribution in [1.29, 1.82) is 0 Å². The van der Waals surface area contributed by atoms with Gasteiger partial charge in [-0.2, -0.15) is 0 Å². The highest BCUT2D eigenvalue weighted by molar-refractivity contribution is 6.16. The second-order valence-electron chi connectivity index (χ2n) is 12.9. The van der Waals surface area contributed by atoms with Crippen LogP contribution in [-0.2, 0) is 0 Å². The number of benzene rings is 4. The van der Waals surface area contributed by atoms with Gasteiger partial charge in [0, 0.05) is 49.9 Å². The van der Waals surface area contributed by atoms with Gasteiger partial charge >= 0.3 is 0 Å². The molecule has 3 N–H and O–H groups in total. The Morgan fingerprint density at radius 2 is 0.843 bits per heavy atom. The highest BCUT2D eigenvalue weighted by Crippen LogP contribution is 2.42. The van der Waals surface area contributed by atoms with Gasteiger partial charge in [-0.05, 0) is 71.7 Å². The van der Waals surface area contributed by atoms with Crippen LogP contribution in [0.25, 0.3) is 78.7 Å². The summed E-state index contributed by atoms with van der Waals surface area (Å²) >= 11 is 0. The summed E-state index contributed by atoms with van der Waals surface area (Å²) in [6, 6.07) is 52.1. The zero-order valence-electron chi connectivity index (χ0n) is 28.0. The molecule has 5 heteroatoms. The molecule has 0 fully saturated rings. The lowest BCUT2D eigenvalue weighted by molar-refractivity contribution is 0.263. The van der Waals surface area contributed by atoms with Gasteiger partial charge in [-0.3, -0.25) is 0 Å². The van der Waals surface area contributed by atoms with Gasteiger partial charge in [0.05, 0.1) is 28.9 Å². The Balaban J connectivity index is 1.52. The monoisotopic (exact) mass is 658 g/mol. The fourth-order valence-corrected chi connectivity index (χ4v) is 7.29. The van der Waals surface area contributed by atoms with Crippen molar-refractivity contribution in [2.75, 3.05) is 0 Å². The molecule has 5 heterocycles. The molecule has 1 atom stereocenters. The molecule has 7 aromatic rings. The van der Waals surface area contributed by atoms with Crippen LogP contribution in [0.15, 0.2) is 157 Å². The topological polar surface area (TPSA) is 77.1 Å². The Kier molecular flexibility index (Phi) is 7.60. The van der Waals surface area contributed by atoms with E-state index in [4.69, 9.17) is 9.98 Å². The van der Waals surface area contributed by atoms with Crippen molar-refractivity contribution < 1.29 is 5.11 Å². The molecule has 51 heavy (non-hydrogen) atoms. The highest BCUT2D eigenvalue weighted by atomic mass is 16.3. The summed E-state index contributed by atoms with van der Waals surface area (Å²) in [7, 11) is 0. The number of rotatable bonds is 5. The quantitative estimate of drug-likeness (QED) is 0.172. The molecule has 0 spiro atoms.